The van der Waals surface area contributed by atoms with Crippen molar-refractivity contribution < 1.29 is 13.5 Å². The highest BCUT2D eigenvalue weighted by Crippen LogP contribution is 2.24. The van der Waals surface area contributed by atoms with E-state index in [1.165, 1.54) is 4.31 Å². The number of sulfonamides is 1. The molecule has 4 nitrogen and oxygen atoms in total. The number of rotatable bonds is 6. The molecule has 1 N–H and O–H groups in total. The van der Waals surface area contributed by atoms with Crippen molar-refractivity contribution >= 4 is 26.0 Å². The van der Waals surface area contributed by atoms with Crippen molar-refractivity contribution in [2.75, 3.05) is 19.7 Å². The molecule has 0 radical (unpaired) electrons. The fourth-order valence-electron chi connectivity index (χ4n) is 1.51. The van der Waals surface area contributed by atoms with Crippen molar-refractivity contribution in [1.29, 1.82) is 0 Å². The van der Waals surface area contributed by atoms with Crippen molar-refractivity contribution in [2.45, 2.75) is 18.2 Å². The van der Waals surface area contributed by atoms with Gasteiger partial charge in [0.1, 0.15) is 0 Å². The van der Waals surface area contributed by atoms with Gasteiger partial charge in [-0.2, -0.15) is 4.31 Å². The lowest BCUT2D eigenvalue weighted by molar-refractivity contribution is 0.253. The number of benzene rings is 1. The molecule has 0 aliphatic heterocycles. The van der Waals surface area contributed by atoms with Crippen LogP contribution in [0.2, 0.25) is 0 Å². The minimum Gasteiger partial charge on any atom is -0.395 e. The van der Waals surface area contributed by atoms with E-state index in [-0.39, 0.29) is 18.0 Å². The van der Waals surface area contributed by atoms with Crippen LogP contribution in [0.4, 0.5) is 0 Å². The number of hydrogen-bond acceptors (Lipinski definition) is 3. The fraction of sp³-hybridized carbons (Fsp3) is 0.455. The van der Waals surface area contributed by atoms with E-state index in [2.05, 4.69) is 15.9 Å². The molecule has 0 aliphatic carbocycles. The average Bonchev–Trinajstić information content (AvgIpc) is 2.29. The molecule has 0 saturated carbocycles. The lowest BCUT2D eigenvalue weighted by atomic mass is 10.4. The molecule has 0 aromatic heterocycles. The summed E-state index contributed by atoms with van der Waals surface area (Å²) in [5, 5.41) is 8.93. The molecule has 1 rings (SSSR count). The standard InChI is InChI=1S/C11H16BrNO3S/c1-2-7-13(8-9-14)17(15,16)11-6-4-3-5-10(11)12/h3-6,14H,2,7-9H2,1H3. The number of halogens is 1. The van der Waals surface area contributed by atoms with E-state index in [1.807, 2.05) is 6.92 Å². The summed E-state index contributed by atoms with van der Waals surface area (Å²) in [4.78, 5) is 0.238. The molecular formula is C11H16BrNO3S. The monoisotopic (exact) mass is 321 g/mol. The maximum Gasteiger partial charge on any atom is 0.244 e. The number of hydrogen-bond donors (Lipinski definition) is 1. The Balaban J connectivity index is 3.12. The van der Waals surface area contributed by atoms with Crippen molar-refractivity contribution in [2.24, 2.45) is 0 Å². The Morgan fingerprint density at radius 3 is 2.47 bits per heavy atom. The molecular weight excluding hydrogens is 306 g/mol. The number of aliphatic hydroxyl groups excluding tert-OH is 1. The first-order valence-electron chi connectivity index (χ1n) is 5.39. The van der Waals surface area contributed by atoms with Gasteiger partial charge < -0.3 is 5.11 Å². The fourth-order valence-corrected chi connectivity index (χ4v) is 3.99. The molecule has 0 fully saturated rings. The second-order valence-electron chi connectivity index (χ2n) is 3.56. The Kier molecular flexibility index (Phi) is 5.58. The Hall–Kier alpha value is -0.430. The molecule has 0 atom stereocenters. The maximum atomic E-state index is 12.3. The van der Waals surface area contributed by atoms with Crippen molar-refractivity contribution in [1.82, 2.24) is 4.31 Å². The lowest BCUT2D eigenvalue weighted by Crippen LogP contribution is -2.34. The molecule has 6 heteroatoms. The van der Waals surface area contributed by atoms with Gasteiger partial charge in [0.05, 0.1) is 11.5 Å². The van der Waals surface area contributed by atoms with E-state index in [1.54, 1.807) is 24.3 Å². The third kappa shape index (κ3) is 3.51. The zero-order chi connectivity index (χ0) is 12.9. The van der Waals surface area contributed by atoms with Gasteiger partial charge in [-0.15, -0.1) is 0 Å². The highest BCUT2D eigenvalue weighted by atomic mass is 79.9. The molecule has 17 heavy (non-hydrogen) atoms. The van der Waals surface area contributed by atoms with Crippen LogP contribution in [0, 0.1) is 0 Å². The summed E-state index contributed by atoms with van der Waals surface area (Å²) < 4.78 is 26.5. The quantitative estimate of drug-likeness (QED) is 0.869. The summed E-state index contributed by atoms with van der Waals surface area (Å²) in [6.45, 7) is 2.26. The van der Waals surface area contributed by atoms with E-state index in [4.69, 9.17) is 5.11 Å². The van der Waals surface area contributed by atoms with Gasteiger partial charge in [-0.25, -0.2) is 8.42 Å². The molecule has 96 valence electrons. The molecule has 0 saturated heterocycles. The first-order chi connectivity index (χ1) is 8.04. The van der Waals surface area contributed by atoms with Crippen LogP contribution in [-0.2, 0) is 10.0 Å². The van der Waals surface area contributed by atoms with Crippen LogP contribution in [0.25, 0.3) is 0 Å². The highest BCUT2D eigenvalue weighted by molar-refractivity contribution is 9.10. The SMILES string of the molecule is CCCN(CCO)S(=O)(=O)c1ccccc1Br. The van der Waals surface area contributed by atoms with Gasteiger partial charge in [0.25, 0.3) is 0 Å². The van der Waals surface area contributed by atoms with E-state index >= 15 is 0 Å². The van der Waals surface area contributed by atoms with Crippen LogP contribution in [0.1, 0.15) is 13.3 Å². The summed E-state index contributed by atoms with van der Waals surface area (Å²) in [7, 11) is -3.53. The zero-order valence-corrected chi connectivity index (χ0v) is 12.0. The van der Waals surface area contributed by atoms with Crippen LogP contribution in [0.15, 0.2) is 33.6 Å². The smallest absolute Gasteiger partial charge is 0.244 e. The third-order valence-electron chi connectivity index (χ3n) is 2.28. The van der Waals surface area contributed by atoms with Crippen molar-refractivity contribution in [3.8, 4) is 0 Å². The van der Waals surface area contributed by atoms with E-state index < -0.39 is 10.0 Å². The predicted octanol–water partition coefficient (Wildman–Crippen LogP) is 1.84. The highest BCUT2D eigenvalue weighted by Gasteiger charge is 2.24. The molecule has 0 spiro atoms. The van der Waals surface area contributed by atoms with E-state index in [0.717, 1.165) is 0 Å². The average molecular weight is 322 g/mol. The summed E-state index contributed by atoms with van der Waals surface area (Å²) in [5.41, 5.74) is 0. The number of nitrogens with zero attached hydrogens (tertiary/aromatic N) is 1. The third-order valence-corrected chi connectivity index (χ3v) is 5.19. The second kappa shape index (κ2) is 6.49. The Morgan fingerprint density at radius 2 is 1.94 bits per heavy atom. The lowest BCUT2D eigenvalue weighted by Gasteiger charge is -2.21. The molecule has 1 aromatic rings. The minimum atomic E-state index is -3.53. The molecule has 0 aliphatic rings. The van der Waals surface area contributed by atoms with Crippen LogP contribution in [0.3, 0.4) is 0 Å². The Bertz CT molecular complexity index is 456. The summed E-state index contributed by atoms with van der Waals surface area (Å²) in [5.74, 6) is 0. The van der Waals surface area contributed by atoms with Gasteiger partial charge in [0.2, 0.25) is 10.0 Å². The summed E-state index contributed by atoms with van der Waals surface area (Å²) in [6, 6.07) is 6.69. The maximum absolute atomic E-state index is 12.3. The molecule has 0 amide bonds. The topological polar surface area (TPSA) is 57.6 Å². The molecule has 1 aromatic carbocycles. The van der Waals surface area contributed by atoms with E-state index in [0.29, 0.717) is 17.4 Å². The van der Waals surface area contributed by atoms with Crippen LogP contribution >= 0.6 is 15.9 Å². The van der Waals surface area contributed by atoms with Gasteiger partial charge >= 0.3 is 0 Å². The zero-order valence-electron chi connectivity index (χ0n) is 9.63. The van der Waals surface area contributed by atoms with Gasteiger partial charge in [0, 0.05) is 17.6 Å². The first kappa shape index (κ1) is 14.6. The summed E-state index contributed by atoms with van der Waals surface area (Å²) >= 11 is 3.23. The Morgan fingerprint density at radius 1 is 1.29 bits per heavy atom. The molecule has 0 unspecified atom stereocenters. The van der Waals surface area contributed by atoms with Gasteiger partial charge in [-0.3, -0.25) is 0 Å². The Labute approximate surface area is 110 Å². The van der Waals surface area contributed by atoms with Gasteiger partial charge in [-0.1, -0.05) is 19.1 Å². The van der Waals surface area contributed by atoms with Crippen LogP contribution in [0.5, 0.6) is 0 Å². The van der Waals surface area contributed by atoms with E-state index in [9.17, 15) is 8.42 Å². The predicted molar refractivity (Wildman–Crippen MR) is 70.3 cm³/mol. The summed E-state index contributed by atoms with van der Waals surface area (Å²) in [6.07, 6.45) is 0.712. The van der Waals surface area contributed by atoms with Crippen LogP contribution in [-0.4, -0.2) is 37.5 Å². The van der Waals surface area contributed by atoms with Gasteiger partial charge in [0.15, 0.2) is 0 Å². The second-order valence-corrected chi connectivity index (χ2v) is 6.32. The molecule has 0 bridgehead atoms. The van der Waals surface area contributed by atoms with Crippen LogP contribution < -0.4 is 0 Å². The molecule has 0 heterocycles. The largest absolute Gasteiger partial charge is 0.395 e. The van der Waals surface area contributed by atoms with Crippen molar-refractivity contribution in [3.63, 3.8) is 0 Å². The first-order valence-corrected chi connectivity index (χ1v) is 7.63. The minimum absolute atomic E-state index is 0.123. The van der Waals surface area contributed by atoms with Gasteiger partial charge in [-0.05, 0) is 34.5 Å². The number of aliphatic hydroxyl groups is 1. The van der Waals surface area contributed by atoms with Crippen molar-refractivity contribution in [3.05, 3.63) is 28.7 Å². The normalized spacial score (nSPS) is 12.0.